The Bertz CT molecular complexity index is 672. The normalized spacial score (nSPS) is 14.6. The van der Waals surface area contributed by atoms with Gasteiger partial charge in [-0.3, -0.25) is 19.4 Å². The predicted molar refractivity (Wildman–Crippen MR) is 81.1 cm³/mol. The summed E-state index contributed by atoms with van der Waals surface area (Å²) in [5.41, 5.74) is 0.936. The first-order valence-electron chi connectivity index (χ1n) is 7.09. The van der Waals surface area contributed by atoms with E-state index >= 15 is 0 Å². The van der Waals surface area contributed by atoms with Gasteiger partial charge in [0.15, 0.2) is 10.6 Å². The van der Waals surface area contributed by atoms with Crippen LogP contribution >= 0.6 is 12.2 Å². The van der Waals surface area contributed by atoms with Crippen molar-refractivity contribution in [1.29, 1.82) is 0 Å². The third-order valence-electron chi connectivity index (χ3n) is 3.70. The van der Waals surface area contributed by atoms with Crippen LogP contribution in [0.15, 0.2) is 24.5 Å². The van der Waals surface area contributed by atoms with Crippen molar-refractivity contribution in [3.63, 3.8) is 0 Å². The van der Waals surface area contributed by atoms with E-state index in [1.54, 1.807) is 12.4 Å². The van der Waals surface area contributed by atoms with Crippen LogP contribution in [0.2, 0.25) is 0 Å². The molecule has 0 unspecified atom stereocenters. The van der Waals surface area contributed by atoms with Crippen LogP contribution in [0.5, 0.6) is 0 Å². The largest absolute Gasteiger partial charge is 0.343 e. The van der Waals surface area contributed by atoms with Crippen LogP contribution in [-0.2, 0) is 11.3 Å². The molecule has 110 valence electrons. The molecular weight excluding hydrogens is 286 g/mol. The van der Waals surface area contributed by atoms with E-state index < -0.39 is 0 Å². The maximum absolute atomic E-state index is 12.1. The lowest BCUT2D eigenvalue weighted by atomic mass is 10.2. The number of nitrogens with zero attached hydrogens (tertiary/aromatic N) is 4. The Morgan fingerprint density at radius 3 is 2.71 bits per heavy atom. The van der Waals surface area contributed by atoms with E-state index in [1.165, 1.54) is 0 Å². The minimum atomic E-state index is 0.191. The molecule has 21 heavy (non-hydrogen) atoms. The van der Waals surface area contributed by atoms with Crippen molar-refractivity contribution in [3.8, 4) is 11.4 Å². The molecule has 2 aromatic rings. The number of pyridine rings is 1. The van der Waals surface area contributed by atoms with Gasteiger partial charge in [0, 0.05) is 44.0 Å². The highest BCUT2D eigenvalue weighted by Gasteiger charge is 2.18. The Kier molecular flexibility index (Phi) is 4.10. The lowest BCUT2D eigenvalue weighted by Gasteiger charge is -2.15. The Morgan fingerprint density at radius 1 is 1.29 bits per heavy atom. The van der Waals surface area contributed by atoms with E-state index in [1.807, 2.05) is 21.6 Å². The van der Waals surface area contributed by atoms with E-state index in [4.69, 9.17) is 12.2 Å². The van der Waals surface area contributed by atoms with Crippen molar-refractivity contribution < 1.29 is 4.79 Å². The first-order chi connectivity index (χ1) is 10.3. The number of nitrogens with one attached hydrogen (secondary N) is 1. The Hall–Kier alpha value is -2.02. The number of hydrogen-bond acceptors (Lipinski definition) is 4. The molecule has 3 rings (SSSR count). The van der Waals surface area contributed by atoms with Crippen LogP contribution in [0.3, 0.4) is 0 Å². The van der Waals surface area contributed by atoms with Crippen LogP contribution < -0.4 is 0 Å². The van der Waals surface area contributed by atoms with E-state index in [2.05, 4.69) is 15.2 Å². The number of likely N-dealkylation sites (tertiary alicyclic amines) is 1. The van der Waals surface area contributed by atoms with Crippen molar-refractivity contribution in [2.75, 3.05) is 13.1 Å². The fourth-order valence-corrected chi connectivity index (χ4v) is 2.80. The molecule has 1 saturated heterocycles. The Labute approximate surface area is 127 Å². The van der Waals surface area contributed by atoms with Crippen molar-refractivity contribution in [1.82, 2.24) is 24.6 Å². The van der Waals surface area contributed by atoms with Crippen LogP contribution in [0.1, 0.15) is 19.3 Å². The van der Waals surface area contributed by atoms with Gasteiger partial charge in [-0.05, 0) is 37.2 Å². The van der Waals surface area contributed by atoms with Crippen LogP contribution in [0.4, 0.5) is 0 Å². The van der Waals surface area contributed by atoms with E-state index in [0.29, 0.717) is 17.7 Å². The average Bonchev–Trinajstić information content (AvgIpc) is 3.16. The molecule has 1 fully saturated rings. The molecule has 0 spiro atoms. The first-order valence-corrected chi connectivity index (χ1v) is 7.50. The number of H-pyrrole nitrogens is 1. The van der Waals surface area contributed by atoms with Gasteiger partial charge < -0.3 is 4.90 Å². The number of rotatable bonds is 4. The third-order valence-corrected chi connectivity index (χ3v) is 4.02. The van der Waals surface area contributed by atoms with E-state index in [9.17, 15) is 4.79 Å². The lowest BCUT2D eigenvalue weighted by Crippen LogP contribution is -2.28. The molecule has 7 heteroatoms. The molecule has 0 atom stereocenters. The molecule has 0 bridgehead atoms. The number of carbonyl (C=O) groups is 1. The second-order valence-electron chi connectivity index (χ2n) is 5.08. The second kappa shape index (κ2) is 6.17. The summed E-state index contributed by atoms with van der Waals surface area (Å²) in [6.07, 6.45) is 6.10. The smallest absolute Gasteiger partial charge is 0.224 e. The quantitative estimate of drug-likeness (QED) is 0.878. The Morgan fingerprint density at radius 2 is 2.00 bits per heavy atom. The molecule has 0 aromatic carbocycles. The number of aromatic nitrogens is 4. The van der Waals surface area contributed by atoms with Gasteiger partial charge in [-0.15, -0.1) is 0 Å². The number of amides is 1. The summed E-state index contributed by atoms with van der Waals surface area (Å²) in [5.74, 6) is 0.938. The van der Waals surface area contributed by atoms with Crippen molar-refractivity contribution >= 4 is 18.1 Å². The van der Waals surface area contributed by atoms with Crippen LogP contribution in [0.25, 0.3) is 11.4 Å². The predicted octanol–water partition coefficient (Wildman–Crippen LogP) is 2.02. The monoisotopic (exact) mass is 303 g/mol. The molecule has 1 amide bonds. The van der Waals surface area contributed by atoms with Gasteiger partial charge in [0.25, 0.3) is 0 Å². The SMILES string of the molecule is O=C(CCn1c(-c2ccncc2)n[nH]c1=S)N1CCCC1. The molecule has 3 heterocycles. The topological polar surface area (TPSA) is 66.8 Å². The van der Waals surface area contributed by atoms with Gasteiger partial charge in [0.2, 0.25) is 5.91 Å². The van der Waals surface area contributed by atoms with Crippen LogP contribution in [0, 0.1) is 4.77 Å². The van der Waals surface area contributed by atoms with Gasteiger partial charge in [0.1, 0.15) is 0 Å². The minimum absolute atomic E-state index is 0.191. The fraction of sp³-hybridized carbons (Fsp3) is 0.429. The highest BCUT2D eigenvalue weighted by Crippen LogP contribution is 2.17. The Balaban J connectivity index is 1.75. The summed E-state index contributed by atoms with van der Waals surface area (Å²) in [6.45, 7) is 2.31. The molecule has 0 aliphatic carbocycles. The summed E-state index contributed by atoms with van der Waals surface area (Å²) in [5, 5.41) is 7.05. The molecule has 1 N–H and O–H groups in total. The minimum Gasteiger partial charge on any atom is -0.343 e. The molecule has 0 radical (unpaired) electrons. The van der Waals surface area contributed by atoms with Gasteiger partial charge in [-0.2, -0.15) is 5.10 Å². The molecule has 1 aliphatic rings. The standard InChI is InChI=1S/C14H17N5OS/c20-12(18-8-1-2-9-18)5-10-19-13(16-17-14(19)21)11-3-6-15-7-4-11/h3-4,6-7H,1-2,5,8-10H2,(H,17,21). The molecule has 1 aliphatic heterocycles. The van der Waals surface area contributed by atoms with Gasteiger partial charge >= 0.3 is 0 Å². The van der Waals surface area contributed by atoms with Crippen molar-refractivity contribution in [2.45, 2.75) is 25.8 Å². The summed E-state index contributed by atoms with van der Waals surface area (Å²) in [4.78, 5) is 18.1. The molecule has 6 nitrogen and oxygen atoms in total. The average molecular weight is 303 g/mol. The highest BCUT2D eigenvalue weighted by molar-refractivity contribution is 7.71. The molecular formula is C14H17N5OS. The zero-order valence-corrected chi connectivity index (χ0v) is 12.5. The van der Waals surface area contributed by atoms with Gasteiger partial charge in [-0.25, -0.2) is 0 Å². The number of aromatic amines is 1. The summed E-state index contributed by atoms with van der Waals surface area (Å²) < 4.78 is 2.41. The first kappa shape index (κ1) is 13.9. The van der Waals surface area contributed by atoms with E-state index in [-0.39, 0.29) is 5.91 Å². The van der Waals surface area contributed by atoms with Crippen molar-refractivity contribution in [3.05, 3.63) is 29.3 Å². The van der Waals surface area contributed by atoms with Crippen LogP contribution in [-0.4, -0.2) is 43.6 Å². The van der Waals surface area contributed by atoms with Gasteiger partial charge in [-0.1, -0.05) is 0 Å². The highest BCUT2D eigenvalue weighted by atomic mass is 32.1. The third kappa shape index (κ3) is 3.02. The fourth-order valence-electron chi connectivity index (χ4n) is 2.58. The lowest BCUT2D eigenvalue weighted by molar-refractivity contribution is -0.130. The summed E-state index contributed by atoms with van der Waals surface area (Å²) in [7, 11) is 0. The maximum Gasteiger partial charge on any atom is 0.224 e. The number of carbonyl (C=O) groups excluding carboxylic acids is 1. The van der Waals surface area contributed by atoms with Crippen molar-refractivity contribution in [2.24, 2.45) is 0 Å². The maximum atomic E-state index is 12.1. The molecule has 0 saturated carbocycles. The zero-order valence-electron chi connectivity index (χ0n) is 11.7. The van der Waals surface area contributed by atoms with E-state index in [0.717, 1.165) is 37.3 Å². The number of hydrogen-bond donors (Lipinski definition) is 1. The second-order valence-corrected chi connectivity index (χ2v) is 5.46. The summed E-state index contributed by atoms with van der Waals surface area (Å²) in [6, 6.07) is 3.76. The summed E-state index contributed by atoms with van der Waals surface area (Å²) >= 11 is 5.26. The van der Waals surface area contributed by atoms with Gasteiger partial charge in [0.05, 0.1) is 0 Å². The zero-order chi connectivity index (χ0) is 14.7. The molecule has 2 aromatic heterocycles.